The highest BCUT2D eigenvalue weighted by Gasteiger charge is 2.41. The van der Waals surface area contributed by atoms with Crippen LogP contribution < -0.4 is 0 Å². The van der Waals surface area contributed by atoms with Crippen LogP contribution in [-0.4, -0.2) is 54.6 Å². The number of hydrogen-bond acceptors (Lipinski definition) is 3. The van der Waals surface area contributed by atoms with E-state index in [0.29, 0.717) is 0 Å². The van der Waals surface area contributed by atoms with Crippen molar-refractivity contribution in [3.63, 3.8) is 0 Å². The van der Waals surface area contributed by atoms with Crippen molar-refractivity contribution in [1.29, 1.82) is 0 Å². The highest BCUT2D eigenvalue weighted by molar-refractivity contribution is 5.78. The maximum atomic E-state index is 11.6. The average Bonchev–Trinajstić information content (AvgIpc) is 2.79. The number of fused-ring (bicyclic) bond motifs is 1. The van der Waals surface area contributed by atoms with Gasteiger partial charge in [0.2, 0.25) is 5.91 Å². The average molecular weight is 246 g/mol. The predicted molar refractivity (Wildman–Crippen MR) is 68.0 cm³/mol. The molecule has 4 nitrogen and oxygen atoms in total. The quantitative estimate of drug-likeness (QED) is 0.771. The number of carbonyl (C=O) groups excluding carboxylic acids is 1. The molecule has 0 radical (unpaired) electrons. The summed E-state index contributed by atoms with van der Waals surface area (Å²) in [5.41, 5.74) is 1.31. The minimum absolute atomic E-state index is 0.0952. The number of benzene rings is 1. The Balaban J connectivity index is 1.66. The molecule has 0 saturated carbocycles. The molecule has 1 aromatic rings. The third-order valence-corrected chi connectivity index (χ3v) is 3.87. The second-order valence-corrected chi connectivity index (χ2v) is 5.10. The Bertz CT molecular complexity index is 435. The molecule has 96 valence electrons. The van der Waals surface area contributed by atoms with Crippen LogP contribution in [0, 0.1) is 0 Å². The van der Waals surface area contributed by atoms with Gasteiger partial charge in [-0.05, 0) is 5.56 Å². The highest BCUT2D eigenvalue weighted by atomic mass is 16.5. The maximum Gasteiger partial charge on any atom is 0.248 e. The number of likely N-dealkylation sites (N-methyl/N-ethyl adjacent to an activating group) is 1. The van der Waals surface area contributed by atoms with E-state index in [0.717, 1.165) is 19.6 Å². The number of carbonyl (C=O) groups is 1. The minimum atomic E-state index is 0.0952. The van der Waals surface area contributed by atoms with Crippen molar-refractivity contribution < 1.29 is 9.53 Å². The molecule has 2 saturated heterocycles. The van der Waals surface area contributed by atoms with E-state index in [1.807, 2.05) is 18.0 Å². The van der Waals surface area contributed by atoms with E-state index < -0.39 is 0 Å². The SMILES string of the molecule is CN1C(=O)COC2CN(Cc3ccccc3)CC21. The van der Waals surface area contributed by atoms with Gasteiger partial charge in [-0.3, -0.25) is 9.69 Å². The lowest BCUT2D eigenvalue weighted by molar-refractivity contribution is -0.150. The number of ether oxygens (including phenoxy) is 1. The van der Waals surface area contributed by atoms with Crippen LogP contribution in [0.2, 0.25) is 0 Å². The number of morpholine rings is 1. The Morgan fingerprint density at radius 1 is 1.28 bits per heavy atom. The van der Waals surface area contributed by atoms with Crippen molar-refractivity contribution in [2.24, 2.45) is 0 Å². The topological polar surface area (TPSA) is 32.8 Å². The first-order chi connectivity index (χ1) is 8.74. The van der Waals surface area contributed by atoms with E-state index >= 15 is 0 Å². The fraction of sp³-hybridized carbons (Fsp3) is 0.500. The van der Waals surface area contributed by atoms with Gasteiger partial charge in [-0.2, -0.15) is 0 Å². The second kappa shape index (κ2) is 4.71. The zero-order valence-electron chi connectivity index (χ0n) is 10.6. The Morgan fingerprint density at radius 3 is 2.83 bits per heavy atom. The van der Waals surface area contributed by atoms with Crippen molar-refractivity contribution >= 4 is 5.91 Å². The summed E-state index contributed by atoms with van der Waals surface area (Å²) < 4.78 is 5.62. The summed E-state index contributed by atoms with van der Waals surface area (Å²) in [7, 11) is 1.88. The third kappa shape index (κ3) is 2.13. The standard InChI is InChI=1S/C14H18N2O2/c1-15-12-8-16(7-11-5-3-2-4-6-11)9-13(12)18-10-14(15)17/h2-6,12-13H,7-10H2,1H3. The molecule has 2 aliphatic rings. The normalized spacial score (nSPS) is 28.5. The largest absolute Gasteiger partial charge is 0.365 e. The number of amides is 1. The molecule has 0 aromatic heterocycles. The second-order valence-electron chi connectivity index (χ2n) is 5.10. The molecule has 2 aliphatic heterocycles. The van der Waals surface area contributed by atoms with E-state index in [4.69, 9.17) is 4.74 Å². The third-order valence-electron chi connectivity index (χ3n) is 3.87. The van der Waals surface area contributed by atoms with E-state index in [-0.39, 0.29) is 24.7 Å². The Hall–Kier alpha value is -1.39. The first kappa shape index (κ1) is 11.7. The van der Waals surface area contributed by atoms with Gasteiger partial charge in [0.05, 0.1) is 12.1 Å². The van der Waals surface area contributed by atoms with Crippen LogP contribution in [0.3, 0.4) is 0 Å². The van der Waals surface area contributed by atoms with E-state index in [2.05, 4.69) is 29.2 Å². The van der Waals surface area contributed by atoms with Gasteiger partial charge < -0.3 is 9.64 Å². The van der Waals surface area contributed by atoms with Gasteiger partial charge in [0.1, 0.15) is 6.61 Å². The smallest absolute Gasteiger partial charge is 0.248 e. The van der Waals surface area contributed by atoms with E-state index in [9.17, 15) is 4.79 Å². The zero-order chi connectivity index (χ0) is 12.5. The summed E-state index contributed by atoms with van der Waals surface area (Å²) in [6.07, 6.45) is 0.177. The molecule has 0 bridgehead atoms. The Kier molecular flexibility index (Phi) is 3.06. The molecule has 0 aliphatic carbocycles. The summed E-state index contributed by atoms with van der Waals surface area (Å²) in [6.45, 7) is 2.98. The van der Waals surface area contributed by atoms with Crippen LogP contribution in [0.4, 0.5) is 0 Å². The van der Waals surface area contributed by atoms with E-state index in [1.165, 1.54) is 5.56 Å². The summed E-state index contributed by atoms with van der Waals surface area (Å²) >= 11 is 0. The van der Waals surface area contributed by atoms with Crippen LogP contribution in [0.5, 0.6) is 0 Å². The van der Waals surface area contributed by atoms with Crippen LogP contribution in [0.15, 0.2) is 30.3 Å². The first-order valence-electron chi connectivity index (χ1n) is 6.37. The summed E-state index contributed by atoms with van der Waals surface area (Å²) in [5, 5.41) is 0. The first-order valence-corrected chi connectivity index (χ1v) is 6.37. The monoisotopic (exact) mass is 246 g/mol. The van der Waals surface area contributed by atoms with Gasteiger partial charge in [0.25, 0.3) is 0 Å². The van der Waals surface area contributed by atoms with Crippen LogP contribution >= 0.6 is 0 Å². The Labute approximate surface area is 107 Å². The van der Waals surface area contributed by atoms with Crippen molar-refractivity contribution in [3.8, 4) is 0 Å². The molecule has 3 rings (SSSR count). The maximum absolute atomic E-state index is 11.6. The molecule has 4 heteroatoms. The van der Waals surface area contributed by atoms with Crippen LogP contribution in [0.25, 0.3) is 0 Å². The van der Waals surface area contributed by atoms with Gasteiger partial charge in [-0.25, -0.2) is 0 Å². The van der Waals surface area contributed by atoms with Crippen molar-refractivity contribution in [2.75, 3.05) is 26.7 Å². The predicted octanol–water partition coefficient (Wildman–Crippen LogP) is 0.728. The van der Waals surface area contributed by atoms with Crippen molar-refractivity contribution in [1.82, 2.24) is 9.80 Å². The van der Waals surface area contributed by atoms with Gasteiger partial charge in [-0.1, -0.05) is 30.3 Å². The summed E-state index contributed by atoms with van der Waals surface area (Å²) in [5.74, 6) is 0.0952. The summed E-state index contributed by atoms with van der Waals surface area (Å²) in [4.78, 5) is 15.8. The molecular formula is C14H18N2O2. The fourth-order valence-electron chi connectivity index (χ4n) is 2.80. The number of rotatable bonds is 2. The lowest BCUT2D eigenvalue weighted by atomic mass is 10.1. The van der Waals surface area contributed by atoms with Gasteiger partial charge in [0.15, 0.2) is 0 Å². The van der Waals surface area contributed by atoms with E-state index in [1.54, 1.807) is 0 Å². The molecule has 1 aromatic carbocycles. The lowest BCUT2D eigenvalue weighted by Gasteiger charge is -2.33. The molecule has 0 N–H and O–H groups in total. The van der Waals surface area contributed by atoms with Crippen molar-refractivity contribution in [3.05, 3.63) is 35.9 Å². The van der Waals surface area contributed by atoms with Crippen molar-refractivity contribution in [2.45, 2.75) is 18.7 Å². The molecular weight excluding hydrogens is 228 g/mol. The number of hydrogen-bond donors (Lipinski definition) is 0. The van der Waals surface area contributed by atoms with Gasteiger partial charge in [-0.15, -0.1) is 0 Å². The molecule has 1 amide bonds. The van der Waals surface area contributed by atoms with Crippen LogP contribution in [-0.2, 0) is 16.1 Å². The zero-order valence-corrected chi connectivity index (χ0v) is 10.6. The molecule has 18 heavy (non-hydrogen) atoms. The highest BCUT2D eigenvalue weighted by Crippen LogP contribution is 2.23. The molecule has 2 fully saturated rings. The Morgan fingerprint density at radius 2 is 2.06 bits per heavy atom. The molecule has 2 unspecified atom stereocenters. The van der Waals surface area contributed by atoms with Crippen LogP contribution in [0.1, 0.15) is 5.56 Å². The minimum Gasteiger partial charge on any atom is -0.365 e. The van der Waals surface area contributed by atoms with Gasteiger partial charge >= 0.3 is 0 Å². The number of nitrogens with zero attached hydrogens (tertiary/aromatic N) is 2. The molecule has 2 atom stereocenters. The lowest BCUT2D eigenvalue weighted by Crippen LogP contribution is -2.51. The number of likely N-dealkylation sites (tertiary alicyclic amines) is 1. The summed E-state index contributed by atoms with van der Waals surface area (Å²) in [6, 6.07) is 10.6. The fourth-order valence-corrected chi connectivity index (χ4v) is 2.80. The molecule has 2 heterocycles. The van der Waals surface area contributed by atoms with Gasteiger partial charge in [0, 0.05) is 26.7 Å². The molecule has 0 spiro atoms.